The highest BCUT2D eigenvalue weighted by Crippen LogP contribution is 2.17. The van der Waals surface area contributed by atoms with Crippen LogP contribution in [0.1, 0.15) is 35.7 Å². The smallest absolute Gasteiger partial charge is 0.411 e. The van der Waals surface area contributed by atoms with Gasteiger partial charge in [0.05, 0.1) is 17.9 Å². The van der Waals surface area contributed by atoms with Crippen LogP contribution in [0.25, 0.3) is 0 Å². The van der Waals surface area contributed by atoms with Crippen molar-refractivity contribution in [3.8, 4) is 0 Å². The molecule has 0 bridgehead atoms. The number of amides is 1. The molecule has 0 aliphatic heterocycles. The third kappa shape index (κ3) is 4.08. The quantitative estimate of drug-likeness (QED) is 0.788. The number of aromatic carboxylic acids is 1. The van der Waals surface area contributed by atoms with Gasteiger partial charge in [0.2, 0.25) is 0 Å². The Labute approximate surface area is 106 Å². The lowest BCUT2D eigenvalue weighted by Crippen LogP contribution is -2.16. The molecule has 5 heteroatoms. The van der Waals surface area contributed by atoms with E-state index < -0.39 is 12.1 Å². The number of carbonyl (C=O) groups is 2. The predicted molar refractivity (Wildman–Crippen MR) is 68.0 cm³/mol. The van der Waals surface area contributed by atoms with Gasteiger partial charge >= 0.3 is 12.1 Å². The molecule has 2 N–H and O–H groups in total. The number of aryl methyl sites for hydroxylation is 1. The molecule has 18 heavy (non-hydrogen) atoms. The van der Waals surface area contributed by atoms with Crippen molar-refractivity contribution in [2.75, 3.05) is 11.9 Å². The fourth-order valence-corrected chi connectivity index (χ4v) is 1.40. The molecule has 0 aliphatic rings. The minimum Gasteiger partial charge on any atom is -0.478 e. The first-order valence-corrected chi connectivity index (χ1v) is 5.82. The van der Waals surface area contributed by atoms with Crippen molar-refractivity contribution < 1.29 is 19.4 Å². The molecule has 1 amide bonds. The van der Waals surface area contributed by atoms with Crippen LogP contribution in [0.4, 0.5) is 10.5 Å². The Morgan fingerprint density at radius 3 is 2.72 bits per heavy atom. The van der Waals surface area contributed by atoms with Crippen LogP contribution in [0.5, 0.6) is 0 Å². The summed E-state index contributed by atoms with van der Waals surface area (Å²) in [7, 11) is 0. The van der Waals surface area contributed by atoms with Gasteiger partial charge in [-0.2, -0.15) is 0 Å². The average molecular weight is 251 g/mol. The molecule has 0 spiro atoms. The van der Waals surface area contributed by atoms with Gasteiger partial charge in [0, 0.05) is 0 Å². The van der Waals surface area contributed by atoms with Crippen molar-refractivity contribution in [2.24, 2.45) is 0 Å². The van der Waals surface area contributed by atoms with E-state index in [1.807, 2.05) is 13.8 Å². The van der Waals surface area contributed by atoms with Gasteiger partial charge < -0.3 is 9.84 Å². The Hall–Kier alpha value is -2.04. The summed E-state index contributed by atoms with van der Waals surface area (Å²) >= 11 is 0. The van der Waals surface area contributed by atoms with Crippen molar-refractivity contribution in [3.05, 3.63) is 29.3 Å². The first-order valence-electron chi connectivity index (χ1n) is 5.82. The number of carboxylic acid groups (broad SMARTS) is 1. The van der Waals surface area contributed by atoms with Crippen LogP contribution >= 0.6 is 0 Å². The summed E-state index contributed by atoms with van der Waals surface area (Å²) < 4.78 is 4.92. The summed E-state index contributed by atoms with van der Waals surface area (Å²) in [6, 6.07) is 4.74. The number of hydrogen-bond donors (Lipinski definition) is 2. The zero-order valence-corrected chi connectivity index (χ0v) is 10.5. The number of ether oxygens (including phenoxy) is 1. The third-order valence-corrected chi connectivity index (χ3v) is 2.37. The topological polar surface area (TPSA) is 75.6 Å². The lowest BCUT2D eigenvalue weighted by Gasteiger charge is -2.09. The molecule has 0 unspecified atom stereocenters. The minimum atomic E-state index is -1.08. The maximum Gasteiger partial charge on any atom is 0.411 e. The largest absolute Gasteiger partial charge is 0.478 e. The predicted octanol–water partition coefficient (Wildman–Crippen LogP) is 3.04. The zero-order chi connectivity index (χ0) is 13.5. The van der Waals surface area contributed by atoms with Crippen LogP contribution in [-0.4, -0.2) is 23.8 Å². The van der Waals surface area contributed by atoms with Crippen molar-refractivity contribution in [1.29, 1.82) is 0 Å². The van der Waals surface area contributed by atoms with E-state index >= 15 is 0 Å². The Balaban J connectivity index is 2.73. The van der Waals surface area contributed by atoms with E-state index in [0.29, 0.717) is 6.61 Å². The van der Waals surface area contributed by atoms with E-state index in [-0.39, 0.29) is 11.3 Å². The molecule has 0 atom stereocenters. The highest BCUT2D eigenvalue weighted by Gasteiger charge is 2.12. The van der Waals surface area contributed by atoms with Crippen LogP contribution in [-0.2, 0) is 4.74 Å². The Morgan fingerprint density at radius 1 is 1.39 bits per heavy atom. The summed E-state index contributed by atoms with van der Waals surface area (Å²) in [4.78, 5) is 22.4. The standard InChI is InChI=1S/C13H17NO4/c1-3-4-7-18-13(17)14-11-8-9(2)5-6-10(11)12(15)16/h5-6,8H,3-4,7H2,1-2H3,(H,14,17)(H,15,16). The number of nitrogens with one attached hydrogen (secondary N) is 1. The van der Waals surface area contributed by atoms with E-state index in [9.17, 15) is 9.59 Å². The Morgan fingerprint density at radius 2 is 2.11 bits per heavy atom. The number of unbranched alkanes of at least 4 members (excludes halogenated alkanes) is 1. The van der Waals surface area contributed by atoms with E-state index in [4.69, 9.17) is 9.84 Å². The van der Waals surface area contributed by atoms with Crippen LogP contribution < -0.4 is 5.32 Å². The first kappa shape index (κ1) is 14.0. The van der Waals surface area contributed by atoms with E-state index in [1.54, 1.807) is 12.1 Å². The summed E-state index contributed by atoms with van der Waals surface area (Å²) in [6.45, 7) is 4.14. The molecule has 0 radical (unpaired) electrons. The molecule has 0 saturated carbocycles. The van der Waals surface area contributed by atoms with Crippen LogP contribution in [0.2, 0.25) is 0 Å². The van der Waals surface area contributed by atoms with Crippen LogP contribution in [0, 0.1) is 6.92 Å². The molecule has 1 aromatic rings. The summed E-state index contributed by atoms with van der Waals surface area (Å²) in [5.41, 5.74) is 1.17. The highest BCUT2D eigenvalue weighted by molar-refractivity contribution is 5.98. The number of benzene rings is 1. The number of carbonyl (C=O) groups excluding carboxylic acids is 1. The van der Waals surface area contributed by atoms with Crippen molar-refractivity contribution in [3.63, 3.8) is 0 Å². The van der Waals surface area contributed by atoms with E-state index in [0.717, 1.165) is 18.4 Å². The molecule has 0 saturated heterocycles. The maximum absolute atomic E-state index is 11.4. The summed E-state index contributed by atoms with van der Waals surface area (Å²) in [5.74, 6) is -1.08. The fourth-order valence-electron chi connectivity index (χ4n) is 1.40. The van der Waals surface area contributed by atoms with Crippen molar-refractivity contribution >= 4 is 17.7 Å². The normalized spacial score (nSPS) is 9.89. The monoisotopic (exact) mass is 251 g/mol. The molecular weight excluding hydrogens is 234 g/mol. The first-order chi connectivity index (χ1) is 8.54. The number of carboxylic acids is 1. The molecule has 1 rings (SSSR count). The second kappa shape index (κ2) is 6.64. The number of rotatable bonds is 5. The second-order valence-electron chi connectivity index (χ2n) is 3.97. The maximum atomic E-state index is 11.4. The Bertz CT molecular complexity index is 443. The van der Waals surface area contributed by atoms with Crippen LogP contribution in [0.3, 0.4) is 0 Å². The average Bonchev–Trinajstić information content (AvgIpc) is 2.29. The molecule has 5 nitrogen and oxygen atoms in total. The van der Waals surface area contributed by atoms with Gasteiger partial charge in [0.25, 0.3) is 0 Å². The molecule has 98 valence electrons. The van der Waals surface area contributed by atoms with Gasteiger partial charge in [0.1, 0.15) is 0 Å². The SMILES string of the molecule is CCCCOC(=O)Nc1cc(C)ccc1C(=O)O. The van der Waals surface area contributed by atoms with Gasteiger partial charge in [-0.15, -0.1) is 0 Å². The fraction of sp³-hybridized carbons (Fsp3) is 0.385. The van der Waals surface area contributed by atoms with Crippen molar-refractivity contribution in [2.45, 2.75) is 26.7 Å². The van der Waals surface area contributed by atoms with E-state index in [1.165, 1.54) is 6.07 Å². The minimum absolute atomic E-state index is 0.0491. The highest BCUT2D eigenvalue weighted by atomic mass is 16.5. The Kier molecular flexibility index (Phi) is 5.17. The lowest BCUT2D eigenvalue weighted by atomic mass is 10.1. The summed E-state index contributed by atoms with van der Waals surface area (Å²) in [6.07, 6.45) is 1.09. The van der Waals surface area contributed by atoms with Gasteiger partial charge in [-0.3, -0.25) is 5.32 Å². The van der Waals surface area contributed by atoms with Gasteiger partial charge in [-0.25, -0.2) is 9.59 Å². The number of anilines is 1. The van der Waals surface area contributed by atoms with Crippen LogP contribution in [0.15, 0.2) is 18.2 Å². The molecular formula is C13H17NO4. The van der Waals surface area contributed by atoms with Gasteiger partial charge in [-0.05, 0) is 31.0 Å². The van der Waals surface area contributed by atoms with Gasteiger partial charge in [0.15, 0.2) is 0 Å². The number of hydrogen-bond acceptors (Lipinski definition) is 3. The zero-order valence-electron chi connectivity index (χ0n) is 10.5. The van der Waals surface area contributed by atoms with E-state index in [2.05, 4.69) is 5.32 Å². The summed E-state index contributed by atoms with van der Waals surface area (Å²) in [5, 5.41) is 11.4. The lowest BCUT2D eigenvalue weighted by molar-refractivity contribution is 0.0698. The molecule has 0 aliphatic carbocycles. The third-order valence-electron chi connectivity index (χ3n) is 2.37. The molecule has 1 aromatic carbocycles. The molecule has 0 aromatic heterocycles. The molecule has 0 heterocycles. The van der Waals surface area contributed by atoms with Crippen molar-refractivity contribution in [1.82, 2.24) is 0 Å². The molecule has 0 fully saturated rings. The second-order valence-corrected chi connectivity index (χ2v) is 3.97. The van der Waals surface area contributed by atoms with Gasteiger partial charge in [-0.1, -0.05) is 19.4 Å².